The number of anilines is 1. The molecule has 2 aromatic heterocycles. The molecule has 0 spiro atoms. The van der Waals surface area contributed by atoms with Crippen LogP contribution in [0.3, 0.4) is 0 Å². The van der Waals surface area contributed by atoms with Crippen molar-refractivity contribution < 1.29 is 13.6 Å². The summed E-state index contributed by atoms with van der Waals surface area (Å²) >= 11 is 0. The number of rotatable bonds is 5. The van der Waals surface area contributed by atoms with Crippen LogP contribution in [0.15, 0.2) is 41.0 Å². The van der Waals surface area contributed by atoms with Crippen molar-refractivity contribution in [2.24, 2.45) is 0 Å². The van der Waals surface area contributed by atoms with Crippen LogP contribution in [0.25, 0.3) is 11.4 Å². The molecule has 0 unspecified atom stereocenters. The Morgan fingerprint density at radius 2 is 2.15 bits per heavy atom. The van der Waals surface area contributed by atoms with Crippen molar-refractivity contribution in [3.05, 3.63) is 54.0 Å². The third-order valence-corrected chi connectivity index (χ3v) is 4.78. The molecule has 27 heavy (non-hydrogen) atoms. The Balaban J connectivity index is 1.52. The minimum atomic E-state index is -0.372. The second-order valence-corrected chi connectivity index (χ2v) is 6.72. The summed E-state index contributed by atoms with van der Waals surface area (Å²) in [7, 11) is 0. The fourth-order valence-corrected chi connectivity index (χ4v) is 3.37. The van der Waals surface area contributed by atoms with Gasteiger partial charge < -0.3 is 14.3 Å². The summed E-state index contributed by atoms with van der Waals surface area (Å²) in [6.45, 7) is 0.789. The summed E-state index contributed by atoms with van der Waals surface area (Å²) in [5.74, 6) is 1.66. The Morgan fingerprint density at radius 1 is 1.22 bits per heavy atom. The fraction of sp³-hybridized carbons (Fsp3) is 0.350. The lowest BCUT2D eigenvalue weighted by Gasteiger charge is -2.10. The van der Waals surface area contributed by atoms with Gasteiger partial charge in [-0.2, -0.15) is 0 Å². The minimum absolute atomic E-state index is 0.149. The van der Waals surface area contributed by atoms with Crippen LogP contribution in [0.2, 0.25) is 0 Å². The molecule has 3 heterocycles. The number of hydrogen-bond donors (Lipinski definition) is 1. The van der Waals surface area contributed by atoms with Crippen LogP contribution in [-0.4, -0.2) is 20.7 Å². The molecule has 0 bridgehead atoms. The quantitative estimate of drug-likeness (QED) is 0.739. The van der Waals surface area contributed by atoms with Gasteiger partial charge in [0.05, 0.1) is 11.8 Å². The molecule has 0 fully saturated rings. The lowest BCUT2D eigenvalue weighted by molar-refractivity contribution is -0.116. The minimum Gasteiger partial charge on any atom is -0.469 e. The molecule has 0 aliphatic carbocycles. The number of furan rings is 1. The first-order valence-electron chi connectivity index (χ1n) is 9.25. The first-order chi connectivity index (χ1) is 13.2. The van der Waals surface area contributed by atoms with Crippen molar-refractivity contribution in [3.63, 3.8) is 0 Å². The van der Waals surface area contributed by atoms with E-state index in [0.29, 0.717) is 29.9 Å². The molecule has 4 rings (SSSR count). The van der Waals surface area contributed by atoms with Crippen LogP contribution in [0.4, 0.5) is 10.1 Å². The van der Waals surface area contributed by atoms with E-state index >= 15 is 0 Å². The number of benzene rings is 1. The maximum atomic E-state index is 14.5. The van der Waals surface area contributed by atoms with Gasteiger partial charge >= 0.3 is 0 Å². The molecular formula is C20H21FN4O2. The molecule has 1 aromatic carbocycles. The Bertz CT molecular complexity index is 934. The summed E-state index contributed by atoms with van der Waals surface area (Å²) in [5, 5.41) is 11.3. The third kappa shape index (κ3) is 3.92. The second-order valence-electron chi connectivity index (χ2n) is 6.72. The van der Waals surface area contributed by atoms with Gasteiger partial charge in [-0.1, -0.05) is 6.42 Å². The highest BCUT2D eigenvalue weighted by molar-refractivity contribution is 5.91. The number of nitrogens with zero attached hydrogens (tertiary/aromatic N) is 3. The van der Waals surface area contributed by atoms with Crippen molar-refractivity contribution >= 4 is 11.6 Å². The molecule has 140 valence electrons. The molecular weight excluding hydrogens is 347 g/mol. The van der Waals surface area contributed by atoms with Gasteiger partial charge in [-0.05, 0) is 43.2 Å². The van der Waals surface area contributed by atoms with E-state index in [0.717, 1.165) is 43.8 Å². The first kappa shape index (κ1) is 17.5. The average molecular weight is 368 g/mol. The highest BCUT2D eigenvalue weighted by Gasteiger charge is 2.19. The van der Waals surface area contributed by atoms with Crippen molar-refractivity contribution in [2.75, 3.05) is 5.32 Å². The molecule has 6 nitrogen and oxygen atoms in total. The van der Waals surface area contributed by atoms with E-state index in [4.69, 9.17) is 4.42 Å². The van der Waals surface area contributed by atoms with Crippen molar-refractivity contribution in [1.29, 1.82) is 0 Å². The summed E-state index contributed by atoms with van der Waals surface area (Å²) in [6.07, 6.45) is 6.50. The van der Waals surface area contributed by atoms with Crippen LogP contribution in [-0.2, 0) is 24.2 Å². The maximum absolute atomic E-state index is 14.5. The summed E-state index contributed by atoms with van der Waals surface area (Å²) in [4.78, 5) is 12.2. The second kappa shape index (κ2) is 7.73. The highest BCUT2D eigenvalue weighted by Crippen LogP contribution is 2.27. The number of amides is 1. The molecule has 1 aliphatic rings. The maximum Gasteiger partial charge on any atom is 0.224 e. The fourth-order valence-electron chi connectivity index (χ4n) is 3.37. The SMILES string of the molecule is O=C(CCc1ccco1)Nc1ccc(F)c(-c2nnc3n2CCCCC3)c1. The summed E-state index contributed by atoms with van der Waals surface area (Å²) in [6, 6.07) is 8.17. The number of carbonyl (C=O) groups excluding carboxylic acids is 1. The largest absolute Gasteiger partial charge is 0.469 e. The zero-order chi connectivity index (χ0) is 18.6. The molecule has 1 aliphatic heterocycles. The number of aromatic nitrogens is 3. The summed E-state index contributed by atoms with van der Waals surface area (Å²) < 4.78 is 21.7. The Morgan fingerprint density at radius 3 is 3.00 bits per heavy atom. The number of halogens is 1. The van der Waals surface area contributed by atoms with E-state index < -0.39 is 0 Å². The number of carbonyl (C=O) groups is 1. The van der Waals surface area contributed by atoms with E-state index in [1.807, 2.05) is 10.6 Å². The van der Waals surface area contributed by atoms with Gasteiger partial charge in [-0.3, -0.25) is 4.79 Å². The van der Waals surface area contributed by atoms with Crippen LogP contribution in [0, 0.1) is 5.82 Å². The predicted octanol–water partition coefficient (Wildman–Crippen LogP) is 3.97. The Kier molecular flexibility index (Phi) is 5.00. The number of fused-ring (bicyclic) bond motifs is 1. The van der Waals surface area contributed by atoms with Gasteiger partial charge in [-0.15, -0.1) is 10.2 Å². The van der Waals surface area contributed by atoms with Gasteiger partial charge in [0.15, 0.2) is 5.82 Å². The van der Waals surface area contributed by atoms with Gasteiger partial charge in [0, 0.05) is 31.5 Å². The van der Waals surface area contributed by atoms with Gasteiger partial charge in [0.1, 0.15) is 17.4 Å². The smallest absolute Gasteiger partial charge is 0.224 e. The number of aryl methyl sites for hydroxylation is 2. The number of nitrogens with one attached hydrogen (secondary N) is 1. The molecule has 1 amide bonds. The van der Waals surface area contributed by atoms with Crippen molar-refractivity contribution in [3.8, 4) is 11.4 Å². The van der Waals surface area contributed by atoms with E-state index in [-0.39, 0.29) is 11.7 Å². The monoisotopic (exact) mass is 368 g/mol. The zero-order valence-corrected chi connectivity index (χ0v) is 14.9. The van der Waals surface area contributed by atoms with Gasteiger partial charge in [0.2, 0.25) is 5.91 Å². The average Bonchev–Trinajstić information content (AvgIpc) is 3.27. The molecule has 0 saturated heterocycles. The van der Waals surface area contributed by atoms with Crippen LogP contribution in [0.5, 0.6) is 0 Å². The van der Waals surface area contributed by atoms with E-state index in [9.17, 15) is 9.18 Å². The van der Waals surface area contributed by atoms with Crippen molar-refractivity contribution in [1.82, 2.24) is 14.8 Å². The molecule has 0 atom stereocenters. The van der Waals surface area contributed by atoms with E-state index in [1.165, 1.54) is 6.07 Å². The van der Waals surface area contributed by atoms with Gasteiger partial charge in [0.25, 0.3) is 0 Å². The zero-order valence-electron chi connectivity index (χ0n) is 14.9. The third-order valence-electron chi connectivity index (χ3n) is 4.78. The number of hydrogen-bond acceptors (Lipinski definition) is 4. The topological polar surface area (TPSA) is 73.0 Å². The lowest BCUT2D eigenvalue weighted by Crippen LogP contribution is -2.12. The van der Waals surface area contributed by atoms with Crippen molar-refractivity contribution in [2.45, 2.75) is 45.1 Å². The molecule has 3 aromatic rings. The van der Waals surface area contributed by atoms with Crippen LogP contribution < -0.4 is 5.32 Å². The Hall–Kier alpha value is -2.96. The highest BCUT2D eigenvalue weighted by atomic mass is 19.1. The normalized spacial score (nSPS) is 13.8. The molecule has 1 N–H and O–H groups in total. The van der Waals surface area contributed by atoms with E-state index in [1.54, 1.807) is 24.5 Å². The Labute approximate surface area is 156 Å². The molecule has 0 saturated carbocycles. The molecule has 7 heteroatoms. The first-order valence-corrected chi connectivity index (χ1v) is 9.25. The predicted molar refractivity (Wildman–Crippen MR) is 98.6 cm³/mol. The van der Waals surface area contributed by atoms with Crippen LogP contribution >= 0.6 is 0 Å². The lowest BCUT2D eigenvalue weighted by atomic mass is 10.1. The summed E-state index contributed by atoms with van der Waals surface area (Å²) in [5.41, 5.74) is 0.904. The van der Waals surface area contributed by atoms with Crippen LogP contribution in [0.1, 0.15) is 37.3 Å². The van der Waals surface area contributed by atoms with Gasteiger partial charge in [-0.25, -0.2) is 4.39 Å². The molecule has 0 radical (unpaired) electrons. The van der Waals surface area contributed by atoms with E-state index in [2.05, 4.69) is 15.5 Å². The standard InChI is InChI=1S/C20H21FN4O2/c21-17-9-7-14(22-19(26)10-8-15-5-4-12-27-15)13-16(17)20-24-23-18-6-2-1-3-11-25(18)20/h4-5,7,9,12-13H,1-3,6,8,10-11H2,(H,22,26).